The molecule has 3 nitrogen and oxygen atoms in total. The van der Waals surface area contributed by atoms with Gasteiger partial charge in [0.15, 0.2) is 0 Å². The third-order valence-corrected chi connectivity index (χ3v) is 4.36. The summed E-state index contributed by atoms with van der Waals surface area (Å²) in [5.74, 6) is 0.543. The van der Waals surface area contributed by atoms with E-state index in [2.05, 4.69) is 23.9 Å². The second-order valence-electron chi connectivity index (χ2n) is 6.58. The van der Waals surface area contributed by atoms with Crippen LogP contribution in [0.5, 0.6) is 0 Å². The van der Waals surface area contributed by atoms with Crippen molar-refractivity contribution in [1.29, 1.82) is 0 Å². The van der Waals surface area contributed by atoms with Gasteiger partial charge in [-0.1, -0.05) is 0 Å². The number of benzene rings is 1. The monoisotopic (exact) mass is 293 g/mol. The van der Waals surface area contributed by atoms with E-state index in [0.717, 1.165) is 23.7 Å². The molecule has 4 heteroatoms. The number of nitrogens with two attached hydrogens (primary N) is 1. The Kier molecular flexibility index (Phi) is 5.59. The van der Waals surface area contributed by atoms with Gasteiger partial charge in [-0.25, -0.2) is 4.39 Å². The maximum atomic E-state index is 13.5. The molecule has 1 atom stereocenters. The van der Waals surface area contributed by atoms with Crippen molar-refractivity contribution in [3.63, 3.8) is 0 Å². The van der Waals surface area contributed by atoms with Gasteiger partial charge in [0, 0.05) is 25.3 Å². The lowest BCUT2D eigenvalue weighted by atomic mass is 9.96. The Labute approximate surface area is 127 Å². The molecule has 2 rings (SSSR count). The summed E-state index contributed by atoms with van der Waals surface area (Å²) in [6.07, 6.45) is 3.19. The lowest BCUT2D eigenvalue weighted by molar-refractivity contribution is 0.222. The van der Waals surface area contributed by atoms with E-state index >= 15 is 0 Å². The number of rotatable bonds is 5. The van der Waals surface area contributed by atoms with Crippen molar-refractivity contribution >= 4 is 5.69 Å². The third-order valence-electron chi connectivity index (χ3n) is 4.36. The molecule has 0 radical (unpaired) electrons. The molecule has 1 aliphatic heterocycles. The zero-order valence-electron chi connectivity index (χ0n) is 13.5. The molecule has 1 heterocycles. The Morgan fingerprint density at radius 3 is 2.67 bits per heavy atom. The lowest BCUT2D eigenvalue weighted by Gasteiger charge is -2.33. The predicted octanol–water partition coefficient (Wildman–Crippen LogP) is 2.49. The predicted molar refractivity (Wildman–Crippen MR) is 87.2 cm³/mol. The Hall–Kier alpha value is -1.13. The van der Waals surface area contributed by atoms with Crippen molar-refractivity contribution in [2.75, 3.05) is 38.6 Å². The highest BCUT2D eigenvalue weighted by molar-refractivity contribution is 5.53. The van der Waals surface area contributed by atoms with Crippen LogP contribution in [0.1, 0.15) is 25.3 Å². The highest BCUT2D eigenvalue weighted by Gasteiger charge is 2.19. The summed E-state index contributed by atoms with van der Waals surface area (Å²) in [6, 6.07) is 5.11. The van der Waals surface area contributed by atoms with Gasteiger partial charge < -0.3 is 15.5 Å². The molecular weight excluding hydrogens is 265 g/mol. The second kappa shape index (κ2) is 7.23. The van der Waals surface area contributed by atoms with Gasteiger partial charge in [-0.05, 0) is 76.0 Å². The molecule has 1 saturated heterocycles. The molecule has 0 bridgehead atoms. The topological polar surface area (TPSA) is 32.5 Å². The molecule has 1 aromatic rings. The van der Waals surface area contributed by atoms with E-state index in [9.17, 15) is 4.39 Å². The number of hydrogen-bond donors (Lipinski definition) is 1. The third kappa shape index (κ3) is 4.68. The zero-order chi connectivity index (χ0) is 15.4. The first-order valence-corrected chi connectivity index (χ1v) is 7.89. The van der Waals surface area contributed by atoms with Crippen LogP contribution >= 0.6 is 0 Å². The second-order valence-corrected chi connectivity index (χ2v) is 6.58. The SMILES string of the molecule is CC(N)Cc1cc(F)ccc1N(C)CC1CCN(C)CC1. The number of anilines is 1. The zero-order valence-corrected chi connectivity index (χ0v) is 13.5. The highest BCUT2D eigenvalue weighted by atomic mass is 19.1. The average molecular weight is 293 g/mol. The fraction of sp³-hybridized carbons (Fsp3) is 0.647. The van der Waals surface area contributed by atoms with Crippen molar-refractivity contribution in [2.45, 2.75) is 32.2 Å². The van der Waals surface area contributed by atoms with Gasteiger partial charge in [-0.2, -0.15) is 0 Å². The minimum atomic E-state index is -0.179. The minimum Gasteiger partial charge on any atom is -0.374 e. The van der Waals surface area contributed by atoms with Gasteiger partial charge in [-0.15, -0.1) is 0 Å². The van der Waals surface area contributed by atoms with Crippen LogP contribution in [-0.2, 0) is 6.42 Å². The Morgan fingerprint density at radius 2 is 2.05 bits per heavy atom. The van der Waals surface area contributed by atoms with E-state index in [1.54, 1.807) is 12.1 Å². The van der Waals surface area contributed by atoms with E-state index in [-0.39, 0.29) is 11.9 Å². The van der Waals surface area contributed by atoms with Crippen LogP contribution < -0.4 is 10.6 Å². The summed E-state index contributed by atoms with van der Waals surface area (Å²) < 4.78 is 13.5. The molecule has 2 N–H and O–H groups in total. The molecule has 1 fully saturated rings. The number of hydrogen-bond acceptors (Lipinski definition) is 3. The number of likely N-dealkylation sites (tertiary alicyclic amines) is 1. The van der Waals surface area contributed by atoms with Crippen molar-refractivity contribution in [1.82, 2.24) is 4.90 Å². The molecule has 0 aliphatic carbocycles. The number of piperidine rings is 1. The summed E-state index contributed by atoms with van der Waals surface area (Å²) >= 11 is 0. The van der Waals surface area contributed by atoms with Gasteiger partial charge in [0.05, 0.1) is 0 Å². The van der Waals surface area contributed by atoms with Crippen LogP contribution in [0.3, 0.4) is 0 Å². The molecule has 0 saturated carbocycles. The first-order chi connectivity index (χ1) is 9.95. The molecule has 0 amide bonds. The van der Waals surface area contributed by atoms with E-state index < -0.39 is 0 Å². The highest BCUT2D eigenvalue weighted by Crippen LogP contribution is 2.25. The average Bonchev–Trinajstić information content (AvgIpc) is 2.40. The standard InChI is InChI=1S/C17H28FN3/c1-13(19)10-15-11-16(18)4-5-17(15)21(3)12-14-6-8-20(2)9-7-14/h4-5,11,13-14H,6-10,12,19H2,1-3H3. The van der Waals surface area contributed by atoms with Crippen LogP contribution in [0.25, 0.3) is 0 Å². The summed E-state index contributed by atoms with van der Waals surface area (Å²) in [5.41, 5.74) is 8.03. The fourth-order valence-electron chi connectivity index (χ4n) is 3.17. The molecule has 1 aromatic carbocycles. The van der Waals surface area contributed by atoms with Crippen LogP contribution in [0.15, 0.2) is 18.2 Å². The van der Waals surface area contributed by atoms with Gasteiger partial charge in [0.25, 0.3) is 0 Å². The molecule has 118 valence electrons. The summed E-state index contributed by atoms with van der Waals surface area (Å²) in [5, 5.41) is 0. The Bertz CT molecular complexity index is 453. The Morgan fingerprint density at radius 1 is 1.38 bits per heavy atom. The quantitative estimate of drug-likeness (QED) is 0.905. The fourth-order valence-corrected chi connectivity index (χ4v) is 3.17. The molecule has 0 aromatic heterocycles. The number of nitrogens with zero attached hydrogens (tertiary/aromatic N) is 2. The first-order valence-electron chi connectivity index (χ1n) is 7.89. The Balaban J connectivity index is 2.05. The maximum absolute atomic E-state index is 13.5. The van der Waals surface area contributed by atoms with E-state index in [4.69, 9.17) is 5.73 Å². The molecular formula is C17H28FN3. The number of halogens is 1. The van der Waals surface area contributed by atoms with Crippen molar-refractivity contribution in [3.05, 3.63) is 29.6 Å². The van der Waals surface area contributed by atoms with Crippen molar-refractivity contribution in [3.8, 4) is 0 Å². The van der Waals surface area contributed by atoms with E-state index in [0.29, 0.717) is 6.42 Å². The molecule has 0 spiro atoms. The van der Waals surface area contributed by atoms with Gasteiger partial charge in [0.1, 0.15) is 5.82 Å². The largest absolute Gasteiger partial charge is 0.374 e. The molecule has 1 aliphatic rings. The maximum Gasteiger partial charge on any atom is 0.123 e. The van der Waals surface area contributed by atoms with Gasteiger partial charge in [0.2, 0.25) is 0 Å². The van der Waals surface area contributed by atoms with Crippen LogP contribution in [0, 0.1) is 11.7 Å². The first kappa shape index (κ1) is 16.2. The molecule has 21 heavy (non-hydrogen) atoms. The van der Waals surface area contributed by atoms with Gasteiger partial charge >= 0.3 is 0 Å². The normalized spacial score (nSPS) is 18.7. The van der Waals surface area contributed by atoms with E-state index in [1.807, 2.05) is 13.0 Å². The summed E-state index contributed by atoms with van der Waals surface area (Å²) in [4.78, 5) is 4.66. The minimum absolute atomic E-state index is 0.0438. The molecule has 1 unspecified atom stereocenters. The lowest BCUT2D eigenvalue weighted by Crippen LogP contribution is -2.36. The van der Waals surface area contributed by atoms with Crippen LogP contribution in [0.4, 0.5) is 10.1 Å². The van der Waals surface area contributed by atoms with Crippen molar-refractivity contribution in [2.24, 2.45) is 11.7 Å². The van der Waals surface area contributed by atoms with Crippen LogP contribution in [0.2, 0.25) is 0 Å². The van der Waals surface area contributed by atoms with Crippen LogP contribution in [-0.4, -0.2) is 44.7 Å². The van der Waals surface area contributed by atoms with Gasteiger partial charge in [-0.3, -0.25) is 0 Å². The summed E-state index contributed by atoms with van der Waals surface area (Å²) in [6.45, 7) is 5.35. The summed E-state index contributed by atoms with van der Waals surface area (Å²) in [7, 11) is 4.29. The van der Waals surface area contributed by atoms with E-state index in [1.165, 1.54) is 25.9 Å². The smallest absolute Gasteiger partial charge is 0.123 e. The van der Waals surface area contributed by atoms with Crippen molar-refractivity contribution < 1.29 is 4.39 Å².